The second kappa shape index (κ2) is 11.8. The molecule has 0 bridgehead atoms. The zero-order chi connectivity index (χ0) is 29.2. The maximum atomic E-state index is 13.4. The zero-order valence-electron chi connectivity index (χ0n) is 22.9. The van der Waals surface area contributed by atoms with Gasteiger partial charge in [0.05, 0.1) is 12.1 Å². The number of hydrogen-bond donors (Lipinski definition) is 2. The van der Waals surface area contributed by atoms with E-state index in [1.807, 2.05) is 18.2 Å². The zero-order valence-corrected chi connectivity index (χ0v) is 23.8. The van der Waals surface area contributed by atoms with Crippen LogP contribution in [0.25, 0.3) is 16.2 Å². The molecule has 42 heavy (non-hydrogen) atoms. The van der Waals surface area contributed by atoms with Crippen LogP contribution in [-0.4, -0.2) is 38.7 Å². The average molecular weight is 586 g/mol. The maximum absolute atomic E-state index is 13.4. The Morgan fingerprint density at radius 2 is 1.74 bits per heavy atom. The number of rotatable bonds is 8. The third-order valence-electron chi connectivity index (χ3n) is 7.29. The van der Waals surface area contributed by atoms with Gasteiger partial charge in [-0.2, -0.15) is 0 Å². The standard InChI is InChI=1S/C32H29F2N5O2S/c1-20(35-30(40)15-22-13-24(33)16-25(34)14-22)31(41)36-26-9-7-23(8-10-26)27-18-39-28-11-12-38(17-21-5-3-2-4-6-21)19-29(28)42-32(39)37-27/h2-10,13-14,16,18,20H,11-12,15,17,19H2,1H3,(H,35,40)(H,36,41)/t20-/m1/s1. The van der Waals surface area contributed by atoms with E-state index in [9.17, 15) is 18.4 Å². The van der Waals surface area contributed by atoms with Crippen LogP contribution in [0.2, 0.25) is 0 Å². The summed E-state index contributed by atoms with van der Waals surface area (Å²) in [6.07, 6.45) is 2.81. The molecule has 0 aliphatic carbocycles. The van der Waals surface area contributed by atoms with Crippen molar-refractivity contribution < 1.29 is 18.4 Å². The van der Waals surface area contributed by atoms with Crippen molar-refractivity contribution in [1.29, 1.82) is 0 Å². The molecule has 214 valence electrons. The summed E-state index contributed by atoms with van der Waals surface area (Å²) >= 11 is 1.73. The number of fused-ring (bicyclic) bond motifs is 3. The minimum Gasteiger partial charge on any atom is -0.344 e. The number of anilines is 1. The first-order valence-corrected chi connectivity index (χ1v) is 14.5. The lowest BCUT2D eigenvalue weighted by Gasteiger charge is -2.26. The number of nitrogens with one attached hydrogen (secondary N) is 2. The number of carbonyl (C=O) groups is 2. The van der Waals surface area contributed by atoms with Gasteiger partial charge in [0.15, 0.2) is 4.96 Å². The van der Waals surface area contributed by atoms with Gasteiger partial charge in [-0.1, -0.05) is 53.8 Å². The number of aromatic nitrogens is 2. The molecule has 5 aromatic rings. The Balaban J connectivity index is 1.05. The lowest BCUT2D eigenvalue weighted by Crippen LogP contribution is -2.42. The molecule has 0 radical (unpaired) electrons. The SMILES string of the molecule is C[C@@H](NC(=O)Cc1cc(F)cc(F)c1)C(=O)Nc1ccc(-c2cn3c4c(sc3n2)CN(Cc2ccccc2)CC4)cc1. The van der Waals surface area contributed by atoms with Crippen LogP contribution in [0.15, 0.2) is 79.0 Å². The van der Waals surface area contributed by atoms with Crippen molar-refractivity contribution in [3.8, 4) is 11.3 Å². The third kappa shape index (κ3) is 6.24. The fraction of sp³-hybridized carbons (Fsp3) is 0.219. The number of halogens is 2. The first kappa shape index (κ1) is 27.7. The van der Waals surface area contributed by atoms with Crippen LogP contribution in [0, 0.1) is 11.6 Å². The normalized spacial score (nSPS) is 14.0. The van der Waals surface area contributed by atoms with Crippen LogP contribution < -0.4 is 10.6 Å². The molecule has 3 heterocycles. The highest BCUT2D eigenvalue weighted by molar-refractivity contribution is 7.17. The number of imidazole rings is 1. The second-order valence-corrected chi connectivity index (χ2v) is 11.6. The summed E-state index contributed by atoms with van der Waals surface area (Å²) < 4.78 is 29.0. The minimum absolute atomic E-state index is 0.192. The van der Waals surface area contributed by atoms with Gasteiger partial charge in [-0.25, -0.2) is 13.8 Å². The van der Waals surface area contributed by atoms with E-state index < -0.39 is 29.5 Å². The van der Waals surface area contributed by atoms with E-state index >= 15 is 0 Å². The van der Waals surface area contributed by atoms with Crippen molar-refractivity contribution in [1.82, 2.24) is 19.6 Å². The summed E-state index contributed by atoms with van der Waals surface area (Å²) in [6, 6.07) is 20.0. The van der Waals surface area contributed by atoms with Crippen LogP contribution in [0.5, 0.6) is 0 Å². The molecule has 2 aromatic heterocycles. The quantitative estimate of drug-likeness (QED) is 0.249. The van der Waals surface area contributed by atoms with Gasteiger partial charge in [0.25, 0.3) is 0 Å². The molecule has 1 aliphatic heterocycles. The molecule has 6 rings (SSSR count). The van der Waals surface area contributed by atoms with E-state index in [0.29, 0.717) is 5.69 Å². The van der Waals surface area contributed by atoms with Gasteiger partial charge >= 0.3 is 0 Å². The van der Waals surface area contributed by atoms with Gasteiger partial charge in [-0.05, 0) is 42.3 Å². The van der Waals surface area contributed by atoms with E-state index in [1.165, 1.54) is 16.1 Å². The van der Waals surface area contributed by atoms with Crippen LogP contribution in [0.1, 0.15) is 28.6 Å². The highest BCUT2D eigenvalue weighted by Gasteiger charge is 2.23. The molecule has 0 saturated carbocycles. The molecule has 0 unspecified atom stereocenters. The highest BCUT2D eigenvalue weighted by Crippen LogP contribution is 2.32. The third-order valence-corrected chi connectivity index (χ3v) is 8.37. The summed E-state index contributed by atoms with van der Waals surface area (Å²) in [6.45, 7) is 4.41. The smallest absolute Gasteiger partial charge is 0.246 e. The second-order valence-electron chi connectivity index (χ2n) is 10.5. The van der Waals surface area contributed by atoms with Gasteiger partial charge in [-0.15, -0.1) is 0 Å². The summed E-state index contributed by atoms with van der Waals surface area (Å²) in [5.74, 6) is -2.43. The summed E-state index contributed by atoms with van der Waals surface area (Å²) in [4.78, 5) is 34.6. The summed E-state index contributed by atoms with van der Waals surface area (Å²) in [5, 5.41) is 5.36. The van der Waals surface area contributed by atoms with Crippen molar-refractivity contribution >= 4 is 33.8 Å². The predicted molar refractivity (Wildman–Crippen MR) is 159 cm³/mol. The molecule has 0 spiro atoms. The lowest BCUT2D eigenvalue weighted by atomic mass is 10.1. The molecule has 2 amide bonds. The molecule has 1 aliphatic rings. The van der Waals surface area contributed by atoms with E-state index in [2.05, 4.69) is 50.4 Å². The highest BCUT2D eigenvalue weighted by atomic mass is 32.1. The Kier molecular flexibility index (Phi) is 7.82. The van der Waals surface area contributed by atoms with E-state index in [-0.39, 0.29) is 12.0 Å². The molecule has 0 fully saturated rings. The van der Waals surface area contributed by atoms with Crippen molar-refractivity contribution in [3.63, 3.8) is 0 Å². The van der Waals surface area contributed by atoms with Gasteiger partial charge in [0.2, 0.25) is 11.8 Å². The first-order chi connectivity index (χ1) is 20.3. The monoisotopic (exact) mass is 585 g/mol. The van der Waals surface area contributed by atoms with Gasteiger partial charge in [0, 0.05) is 60.1 Å². The van der Waals surface area contributed by atoms with Gasteiger partial charge < -0.3 is 10.6 Å². The van der Waals surface area contributed by atoms with Crippen LogP contribution >= 0.6 is 11.3 Å². The van der Waals surface area contributed by atoms with E-state index in [0.717, 1.165) is 60.5 Å². The number of benzene rings is 3. The molecular weight excluding hydrogens is 556 g/mol. The minimum atomic E-state index is -0.842. The molecule has 0 saturated heterocycles. The number of nitrogens with zero attached hydrogens (tertiary/aromatic N) is 3. The van der Waals surface area contributed by atoms with Crippen molar-refractivity contribution in [2.24, 2.45) is 0 Å². The van der Waals surface area contributed by atoms with Crippen molar-refractivity contribution in [2.75, 3.05) is 11.9 Å². The topological polar surface area (TPSA) is 78.7 Å². The molecule has 1 atom stereocenters. The van der Waals surface area contributed by atoms with Crippen LogP contribution in [-0.2, 0) is 35.5 Å². The molecule has 2 N–H and O–H groups in total. The molecule has 3 aromatic carbocycles. The Hall–Kier alpha value is -4.41. The van der Waals surface area contributed by atoms with Gasteiger partial charge in [0.1, 0.15) is 17.7 Å². The lowest BCUT2D eigenvalue weighted by molar-refractivity contribution is -0.125. The summed E-state index contributed by atoms with van der Waals surface area (Å²) in [5.41, 5.74) is 5.21. The maximum Gasteiger partial charge on any atom is 0.246 e. The van der Waals surface area contributed by atoms with Crippen molar-refractivity contribution in [2.45, 2.75) is 38.9 Å². The average Bonchev–Trinajstić information content (AvgIpc) is 3.51. The number of thiazole rings is 1. The molecule has 7 nitrogen and oxygen atoms in total. The molecule has 10 heteroatoms. The Morgan fingerprint density at radius 1 is 1.00 bits per heavy atom. The molecular formula is C32H29F2N5O2S. The first-order valence-electron chi connectivity index (χ1n) is 13.7. The fourth-order valence-corrected chi connectivity index (χ4v) is 6.40. The van der Waals surface area contributed by atoms with E-state index in [1.54, 1.807) is 30.4 Å². The fourth-order valence-electron chi connectivity index (χ4n) is 5.21. The predicted octanol–water partition coefficient (Wildman–Crippen LogP) is 5.59. The Morgan fingerprint density at radius 3 is 2.48 bits per heavy atom. The van der Waals surface area contributed by atoms with Crippen LogP contribution in [0.4, 0.5) is 14.5 Å². The van der Waals surface area contributed by atoms with Crippen molar-refractivity contribution in [3.05, 3.63) is 112 Å². The van der Waals surface area contributed by atoms with Gasteiger partial charge in [-0.3, -0.25) is 18.9 Å². The van der Waals surface area contributed by atoms with E-state index in [4.69, 9.17) is 4.98 Å². The Labute approximate surface area is 245 Å². The number of amides is 2. The Bertz CT molecular complexity index is 1730. The van der Waals surface area contributed by atoms with Crippen LogP contribution in [0.3, 0.4) is 0 Å². The number of hydrogen-bond acceptors (Lipinski definition) is 5. The largest absolute Gasteiger partial charge is 0.344 e. The summed E-state index contributed by atoms with van der Waals surface area (Å²) in [7, 11) is 0. The number of carbonyl (C=O) groups excluding carboxylic acids is 2.